The molecule has 3 heterocycles. The van der Waals surface area contributed by atoms with Crippen LogP contribution in [0, 0.1) is 5.92 Å². The number of aryl methyl sites for hydroxylation is 1. The fraction of sp³-hybridized carbons (Fsp3) is 0.286. The average molecular weight is 468 g/mol. The van der Waals surface area contributed by atoms with Crippen molar-refractivity contribution in [2.75, 3.05) is 23.3 Å². The summed E-state index contributed by atoms with van der Waals surface area (Å²) in [6, 6.07) is 21.6. The molecule has 1 saturated heterocycles. The molecule has 7 nitrogen and oxygen atoms in total. The molecule has 0 atom stereocenters. The number of nitrogens with one attached hydrogen (secondary N) is 1. The van der Waals surface area contributed by atoms with Crippen molar-refractivity contribution >= 4 is 28.6 Å². The van der Waals surface area contributed by atoms with Crippen LogP contribution in [0.1, 0.15) is 30.9 Å². The molecule has 35 heavy (non-hydrogen) atoms. The third kappa shape index (κ3) is 4.94. The molecule has 1 fully saturated rings. The van der Waals surface area contributed by atoms with Crippen molar-refractivity contribution in [3.05, 3.63) is 94.4 Å². The Balaban J connectivity index is 1.34. The number of benzene rings is 2. The van der Waals surface area contributed by atoms with Crippen LogP contribution in [-0.4, -0.2) is 33.5 Å². The summed E-state index contributed by atoms with van der Waals surface area (Å²) >= 11 is 0. The third-order valence-corrected chi connectivity index (χ3v) is 6.64. The van der Waals surface area contributed by atoms with Gasteiger partial charge >= 0.3 is 0 Å². The number of anilines is 2. The first-order valence-corrected chi connectivity index (χ1v) is 12.2. The molecule has 1 N–H and O–H groups in total. The van der Waals surface area contributed by atoms with Gasteiger partial charge in [-0.1, -0.05) is 49.4 Å². The highest BCUT2D eigenvalue weighted by Gasteiger charge is 2.28. The summed E-state index contributed by atoms with van der Waals surface area (Å²) in [6.07, 6.45) is 3.96. The summed E-state index contributed by atoms with van der Waals surface area (Å²) in [6.45, 7) is 3.73. The Kier molecular flexibility index (Phi) is 6.57. The number of carbonyl (C=O) groups excluding carboxylic acids is 1. The van der Waals surface area contributed by atoms with Gasteiger partial charge in [-0.25, -0.2) is 9.97 Å². The van der Waals surface area contributed by atoms with Crippen molar-refractivity contribution in [1.82, 2.24) is 14.5 Å². The summed E-state index contributed by atoms with van der Waals surface area (Å²) in [5.41, 5.74) is 4.17. The van der Waals surface area contributed by atoms with Crippen LogP contribution in [-0.2, 0) is 17.8 Å². The highest BCUT2D eigenvalue weighted by molar-refractivity contribution is 5.92. The summed E-state index contributed by atoms with van der Waals surface area (Å²) in [4.78, 5) is 37.6. The minimum absolute atomic E-state index is 0.0371. The van der Waals surface area contributed by atoms with Gasteiger partial charge in [0.1, 0.15) is 5.52 Å². The van der Waals surface area contributed by atoms with E-state index in [1.807, 2.05) is 65.6 Å². The second-order valence-electron chi connectivity index (χ2n) is 8.96. The number of carbonyl (C=O) groups is 1. The molecular formula is C28H29N5O2. The normalized spacial score (nSPS) is 14.3. The maximum Gasteiger partial charge on any atom is 0.295 e. The molecule has 178 valence electrons. The summed E-state index contributed by atoms with van der Waals surface area (Å²) in [5, 5.41) is 3.07. The lowest BCUT2D eigenvalue weighted by Crippen LogP contribution is -2.42. The second-order valence-corrected chi connectivity index (χ2v) is 8.96. The molecule has 7 heteroatoms. The number of nitrogens with zero attached hydrogens (tertiary/aromatic N) is 4. The number of amides is 1. The zero-order valence-corrected chi connectivity index (χ0v) is 19.9. The number of hydrogen-bond donors (Lipinski definition) is 1. The molecule has 0 spiro atoms. The predicted octanol–water partition coefficient (Wildman–Crippen LogP) is 4.26. The van der Waals surface area contributed by atoms with Crippen LogP contribution in [0.5, 0.6) is 0 Å². The topological polar surface area (TPSA) is 80.1 Å². The molecule has 1 aliphatic heterocycles. The molecule has 2 aromatic carbocycles. The van der Waals surface area contributed by atoms with Gasteiger partial charge in [0.2, 0.25) is 5.91 Å². The van der Waals surface area contributed by atoms with Crippen molar-refractivity contribution in [2.24, 2.45) is 5.92 Å². The van der Waals surface area contributed by atoms with E-state index in [1.54, 1.807) is 10.8 Å². The Labute approximate surface area is 204 Å². The maximum absolute atomic E-state index is 13.5. The Bertz CT molecular complexity index is 1390. The van der Waals surface area contributed by atoms with E-state index in [0.29, 0.717) is 49.5 Å². The number of rotatable bonds is 6. The monoisotopic (exact) mass is 467 g/mol. The Morgan fingerprint density at radius 2 is 1.77 bits per heavy atom. The van der Waals surface area contributed by atoms with E-state index in [9.17, 15) is 9.59 Å². The molecule has 2 aromatic heterocycles. The highest BCUT2D eigenvalue weighted by Crippen LogP contribution is 2.23. The van der Waals surface area contributed by atoms with Crippen molar-refractivity contribution in [3.63, 3.8) is 0 Å². The fourth-order valence-electron chi connectivity index (χ4n) is 4.65. The van der Waals surface area contributed by atoms with E-state index in [1.165, 1.54) is 5.56 Å². The quantitative estimate of drug-likeness (QED) is 0.458. The summed E-state index contributed by atoms with van der Waals surface area (Å²) in [7, 11) is 0. The molecule has 0 unspecified atom stereocenters. The summed E-state index contributed by atoms with van der Waals surface area (Å²) in [5.74, 6) is 0.371. The molecule has 0 radical (unpaired) electrons. The largest absolute Gasteiger partial charge is 0.352 e. The van der Waals surface area contributed by atoms with E-state index in [-0.39, 0.29) is 17.4 Å². The molecule has 5 rings (SSSR count). The van der Waals surface area contributed by atoms with Crippen molar-refractivity contribution in [2.45, 2.75) is 32.7 Å². The fourth-order valence-corrected chi connectivity index (χ4v) is 4.65. The predicted molar refractivity (Wildman–Crippen MR) is 139 cm³/mol. The van der Waals surface area contributed by atoms with Crippen LogP contribution >= 0.6 is 0 Å². The average Bonchev–Trinajstić information content (AvgIpc) is 2.91. The van der Waals surface area contributed by atoms with Gasteiger partial charge in [0, 0.05) is 30.9 Å². The van der Waals surface area contributed by atoms with Gasteiger partial charge in [0.15, 0.2) is 11.5 Å². The zero-order valence-electron chi connectivity index (χ0n) is 19.9. The van der Waals surface area contributed by atoms with Crippen LogP contribution < -0.4 is 15.8 Å². The van der Waals surface area contributed by atoms with Crippen LogP contribution in [0.4, 0.5) is 11.5 Å². The zero-order chi connectivity index (χ0) is 24.2. The van der Waals surface area contributed by atoms with Crippen molar-refractivity contribution < 1.29 is 4.79 Å². The maximum atomic E-state index is 13.5. The lowest BCUT2D eigenvalue weighted by atomic mass is 9.95. The Morgan fingerprint density at radius 3 is 2.54 bits per heavy atom. The van der Waals surface area contributed by atoms with Crippen LogP contribution in [0.15, 0.2) is 77.7 Å². The van der Waals surface area contributed by atoms with E-state index >= 15 is 0 Å². The van der Waals surface area contributed by atoms with E-state index in [2.05, 4.69) is 28.3 Å². The number of hydrogen-bond acceptors (Lipinski definition) is 5. The molecule has 1 aliphatic rings. The smallest absolute Gasteiger partial charge is 0.295 e. The Hall–Kier alpha value is -4.00. The van der Waals surface area contributed by atoms with Gasteiger partial charge in [-0.05, 0) is 54.7 Å². The van der Waals surface area contributed by atoms with E-state index < -0.39 is 0 Å². The van der Waals surface area contributed by atoms with Crippen molar-refractivity contribution in [3.8, 4) is 0 Å². The number of pyridine rings is 1. The van der Waals surface area contributed by atoms with E-state index in [4.69, 9.17) is 0 Å². The molecule has 0 saturated carbocycles. The second kappa shape index (κ2) is 10.1. The van der Waals surface area contributed by atoms with E-state index in [0.717, 1.165) is 17.7 Å². The number of piperidine rings is 1. The number of fused-ring (bicyclic) bond motifs is 1. The minimum atomic E-state index is -0.153. The van der Waals surface area contributed by atoms with Gasteiger partial charge in [-0.15, -0.1) is 0 Å². The van der Waals surface area contributed by atoms with Gasteiger partial charge in [-0.3, -0.25) is 14.2 Å². The third-order valence-electron chi connectivity index (χ3n) is 6.64. The highest BCUT2D eigenvalue weighted by atomic mass is 16.2. The lowest BCUT2D eigenvalue weighted by molar-refractivity contribution is -0.120. The van der Waals surface area contributed by atoms with Gasteiger partial charge in [-0.2, -0.15) is 0 Å². The SMILES string of the molecule is CCc1cccc(NC(=O)C2CCN(c3nc4cccnc4n(Cc4ccccc4)c3=O)CC2)c1. The van der Waals surface area contributed by atoms with Gasteiger partial charge in [0.05, 0.1) is 6.54 Å². The molecular weight excluding hydrogens is 438 g/mol. The molecule has 1 amide bonds. The van der Waals surface area contributed by atoms with Crippen LogP contribution in [0.3, 0.4) is 0 Å². The van der Waals surface area contributed by atoms with Crippen molar-refractivity contribution in [1.29, 1.82) is 0 Å². The standard InChI is InChI=1S/C28H29N5O2/c1-2-20-10-6-11-23(18-20)30-27(34)22-13-16-32(17-14-22)26-28(35)33(19-21-8-4-3-5-9-21)25-24(31-26)12-7-15-29-25/h3-12,15,18,22H,2,13-14,16-17,19H2,1H3,(H,30,34). The molecule has 0 aliphatic carbocycles. The first-order valence-electron chi connectivity index (χ1n) is 12.2. The van der Waals surface area contributed by atoms with Crippen LogP contribution in [0.2, 0.25) is 0 Å². The summed E-state index contributed by atoms with van der Waals surface area (Å²) < 4.78 is 1.70. The van der Waals surface area contributed by atoms with Gasteiger partial charge in [0.25, 0.3) is 5.56 Å². The Morgan fingerprint density at radius 1 is 1.00 bits per heavy atom. The van der Waals surface area contributed by atoms with Gasteiger partial charge < -0.3 is 10.2 Å². The molecule has 4 aromatic rings. The first kappa shape index (κ1) is 22.8. The molecule has 0 bridgehead atoms. The van der Waals surface area contributed by atoms with Crippen LogP contribution in [0.25, 0.3) is 11.2 Å². The number of aromatic nitrogens is 3. The first-order chi connectivity index (χ1) is 17.1. The minimum Gasteiger partial charge on any atom is -0.352 e. The lowest BCUT2D eigenvalue weighted by Gasteiger charge is -2.32.